The summed E-state index contributed by atoms with van der Waals surface area (Å²) in [6, 6.07) is 4.10. The molecule has 1 rings (SSSR count). The molecule has 0 spiro atoms. The number of aryl methyl sites for hydroxylation is 1. The predicted octanol–water partition coefficient (Wildman–Crippen LogP) is 2.65. The Hall–Kier alpha value is -0.770. The SMILES string of the molecule is COc1cc(C)c(Cl)cc1C(N)CNC(C)C. The maximum atomic E-state index is 6.14. The van der Waals surface area contributed by atoms with Crippen molar-refractivity contribution in [2.75, 3.05) is 13.7 Å². The second kappa shape index (κ2) is 6.24. The summed E-state index contributed by atoms with van der Waals surface area (Å²) in [6.07, 6.45) is 0. The van der Waals surface area contributed by atoms with Crippen LogP contribution in [0.1, 0.15) is 31.0 Å². The number of nitrogens with one attached hydrogen (secondary N) is 1. The van der Waals surface area contributed by atoms with Crippen molar-refractivity contribution < 1.29 is 4.74 Å². The van der Waals surface area contributed by atoms with Gasteiger partial charge in [0.25, 0.3) is 0 Å². The van der Waals surface area contributed by atoms with Crippen LogP contribution >= 0.6 is 11.6 Å². The first-order valence-electron chi connectivity index (χ1n) is 5.78. The Morgan fingerprint density at radius 1 is 1.41 bits per heavy atom. The van der Waals surface area contributed by atoms with E-state index in [-0.39, 0.29) is 6.04 Å². The lowest BCUT2D eigenvalue weighted by molar-refractivity contribution is 0.403. The number of methoxy groups -OCH3 is 1. The lowest BCUT2D eigenvalue weighted by Crippen LogP contribution is -2.31. The molecular weight excluding hydrogens is 236 g/mol. The normalized spacial score (nSPS) is 12.9. The van der Waals surface area contributed by atoms with E-state index in [2.05, 4.69) is 19.2 Å². The molecule has 1 aromatic carbocycles. The van der Waals surface area contributed by atoms with Gasteiger partial charge in [0.2, 0.25) is 0 Å². The monoisotopic (exact) mass is 256 g/mol. The highest BCUT2D eigenvalue weighted by atomic mass is 35.5. The first-order valence-corrected chi connectivity index (χ1v) is 6.16. The topological polar surface area (TPSA) is 47.3 Å². The molecule has 0 saturated heterocycles. The fourth-order valence-electron chi connectivity index (χ4n) is 1.61. The van der Waals surface area contributed by atoms with Gasteiger partial charge >= 0.3 is 0 Å². The molecule has 1 aromatic rings. The summed E-state index contributed by atoms with van der Waals surface area (Å²) in [5.74, 6) is 0.796. The molecule has 3 N–H and O–H groups in total. The molecule has 0 saturated carbocycles. The van der Waals surface area contributed by atoms with Gasteiger partial charge in [0.05, 0.1) is 7.11 Å². The van der Waals surface area contributed by atoms with Gasteiger partial charge in [-0.05, 0) is 24.6 Å². The molecule has 3 nitrogen and oxygen atoms in total. The van der Waals surface area contributed by atoms with Crippen LogP contribution in [0.5, 0.6) is 5.75 Å². The minimum atomic E-state index is -0.120. The molecule has 0 aliphatic heterocycles. The van der Waals surface area contributed by atoms with Crippen LogP contribution in [0.25, 0.3) is 0 Å². The van der Waals surface area contributed by atoms with Gasteiger partial charge in [-0.1, -0.05) is 25.4 Å². The second-order valence-corrected chi connectivity index (χ2v) is 4.92. The van der Waals surface area contributed by atoms with Crippen molar-refractivity contribution in [3.8, 4) is 5.75 Å². The molecule has 17 heavy (non-hydrogen) atoms. The third-order valence-electron chi connectivity index (χ3n) is 2.66. The average molecular weight is 257 g/mol. The number of benzene rings is 1. The third-order valence-corrected chi connectivity index (χ3v) is 3.06. The maximum Gasteiger partial charge on any atom is 0.124 e. The summed E-state index contributed by atoms with van der Waals surface area (Å²) < 4.78 is 5.34. The zero-order valence-corrected chi connectivity index (χ0v) is 11.6. The minimum Gasteiger partial charge on any atom is -0.496 e. The van der Waals surface area contributed by atoms with Crippen molar-refractivity contribution in [2.24, 2.45) is 5.73 Å². The van der Waals surface area contributed by atoms with Gasteiger partial charge in [0.15, 0.2) is 0 Å². The Labute approximate surface area is 108 Å². The van der Waals surface area contributed by atoms with E-state index < -0.39 is 0 Å². The zero-order valence-electron chi connectivity index (χ0n) is 10.9. The van der Waals surface area contributed by atoms with Crippen LogP contribution in [0.2, 0.25) is 5.02 Å². The van der Waals surface area contributed by atoms with Crippen LogP contribution in [0.15, 0.2) is 12.1 Å². The highest BCUT2D eigenvalue weighted by Crippen LogP contribution is 2.29. The van der Waals surface area contributed by atoms with E-state index in [1.54, 1.807) is 7.11 Å². The smallest absolute Gasteiger partial charge is 0.124 e. The standard InChI is InChI=1S/C13H21ClN2O/c1-8(2)16-7-12(15)10-6-11(14)9(3)5-13(10)17-4/h5-6,8,12,16H,7,15H2,1-4H3. The summed E-state index contributed by atoms with van der Waals surface area (Å²) in [7, 11) is 1.65. The van der Waals surface area contributed by atoms with Crippen LogP contribution in [-0.2, 0) is 0 Å². The molecule has 0 aliphatic rings. The van der Waals surface area contributed by atoms with Crippen molar-refractivity contribution >= 4 is 11.6 Å². The van der Waals surface area contributed by atoms with Crippen LogP contribution in [0, 0.1) is 6.92 Å². The van der Waals surface area contributed by atoms with Crippen molar-refractivity contribution in [1.82, 2.24) is 5.32 Å². The van der Waals surface area contributed by atoms with Crippen LogP contribution in [-0.4, -0.2) is 19.7 Å². The van der Waals surface area contributed by atoms with Gasteiger partial charge < -0.3 is 15.8 Å². The summed E-state index contributed by atoms with van der Waals surface area (Å²) >= 11 is 6.12. The molecule has 0 heterocycles. The fraction of sp³-hybridized carbons (Fsp3) is 0.538. The van der Waals surface area contributed by atoms with Gasteiger partial charge in [0, 0.05) is 29.2 Å². The first-order chi connectivity index (χ1) is 7.95. The van der Waals surface area contributed by atoms with E-state index in [1.807, 2.05) is 19.1 Å². The van der Waals surface area contributed by atoms with Crippen molar-refractivity contribution in [3.05, 3.63) is 28.3 Å². The van der Waals surface area contributed by atoms with E-state index in [4.69, 9.17) is 22.1 Å². The van der Waals surface area contributed by atoms with Gasteiger partial charge in [-0.15, -0.1) is 0 Å². The molecular formula is C13H21ClN2O. The molecule has 0 bridgehead atoms. The van der Waals surface area contributed by atoms with Gasteiger partial charge in [0.1, 0.15) is 5.75 Å². The Kier molecular flexibility index (Phi) is 5.25. The summed E-state index contributed by atoms with van der Waals surface area (Å²) in [5, 5.41) is 4.03. The zero-order chi connectivity index (χ0) is 13.0. The molecule has 0 radical (unpaired) electrons. The van der Waals surface area contributed by atoms with Crippen LogP contribution in [0.4, 0.5) is 0 Å². The Morgan fingerprint density at radius 2 is 2.06 bits per heavy atom. The van der Waals surface area contributed by atoms with Gasteiger partial charge in [-0.25, -0.2) is 0 Å². The van der Waals surface area contributed by atoms with Crippen LogP contribution in [0.3, 0.4) is 0 Å². The van der Waals surface area contributed by atoms with Crippen molar-refractivity contribution in [1.29, 1.82) is 0 Å². The summed E-state index contributed by atoms with van der Waals surface area (Å²) in [5.41, 5.74) is 8.08. The number of rotatable bonds is 5. The Bertz CT molecular complexity index is 380. The van der Waals surface area contributed by atoms with Crippen LogP contribution < -0.4 is 15.8 Å². The fourth-order valence-corrected chi connectivity index (χ4v) is 1.78. The van der Waals surface area contributed by atoms with E-state index >= 15 is 0 Å². The van der Waals surface area contributed by atoms with E-state index in [9.17, 15) is 0 Å². The van der Waals surface area contributed by atoms with Crippen molar-refractivity contribution in [3.63, 3.8) is 0 Å². The predicted molar refractivity (Wildman–Crippen MR) is 72.8 cm³/mol. The minimum absolute atomic E-state index is 0.120. The summed E-state index contributed by atoms with van der Waals surface area (Å²) in [6.45, 7) is 6.83. The third kappa shape index (κ3) is 3.87. The van der Waals surface area contributed by atoms with E-state index in [1.165, 1.54) is 0 Å². The largest absolute Gasteiger partial charge is 0.496 e. The lowest BCUT2D eigenvalue weighted by Gasteiger charge is -2.19. The first kappa shape index (κ1) is 14.3. The number of hydrogen-bond acceptors (Lipinski definition) is 3. The average Bonchev–Trinajstić information content (AvgIpc) is 2.28. The molecule has 4 heteroatoms. The van der Waals surface area contributed by atoms with Gasteiger partial charge in [-0.3, -0.25) is 0 Å². The molecule has 96 valence electrons. The number of nitrogens with two attached hydrogens (primary N) is 1. The van der Waals surface area contributed by atoms with E-state index in [0.29, 0.717) is 12.6 Å². The number of hydrogen-bond donors (Lipinski definition) is 2. The maximum absolute atomic E-state index is 6.14. The highest BCUT2D eigenvalue weighted by molar-refractivity contribution is 6.31. The molecule has 0 amide bonds. The summed E-state index contributed by atoms with van der Waals surface area (Å²) in [4.78, 5) is 0. The quantitative estimate of drug-likeness (QED) is 0.852. The molecule has 0 aliphatic carbocycles. The Morgan fingerprint density at radius 3 is 2.59 bits per heavy atom. The molecule has 0 fully saturated rings. The number of halogens is 1. The molecule has 0 aromatic heterocycles. The molecule has 1 unspecified atom stereocenters. The second-order valence-electron chi connectivity index (χ2n) is 4.51. The lowest BCUT2D eigenvalue weighted by atomic mass is 10.0. The number of ether oxygens (including phenoxy) is 1. The Balaban J connectivity index is 2.91. The van der Waals surface area contributed by atoms with Gasteiger partial charge in [-0.2, -0.15) is 0 Å². The highest BCUT2D eigenvalue weighted by Gasteiger charge is 2.14. The van der Waals surface area contributed by atoms with E-state index in [0.717, 1.165) is 21.9 Å². The molecule has 1 atom stereocenters. The van der Waals surface area contributed by atoms with Crippen molar-refractivity contribution in [2.45, 2.75) is 32.9 Å².